The summed E-state index contributed by atoms with van der Waals surface area (Å²) in [5, 5.41) is 0.920. The minimum atomic E-state index is -0.332. The van der Waals surface area contributed by atoms with Gasteiger partial charge >= 0.3 is 0 Å². The average Bonchev–Trinajstić information content (AvgIpc) is 3.08. The van der Waals surface area contributed by atoms with Crippen molar-refractivity contribution in [2.45, 2.75) is 20.1 Å². The number of imide groups is 1. The van der Waals surface area contributed by atoms with E-state index in [0.717, 1.165) is 32.0 Å². The first-order valence-corrected chi connectivity index (χ1v) is 13.3. The first-order chi connectivity index (χ1) is 16.9. The molecule has 0 N–H and O–H groups in total. The number of carbonyl (C=O) groups is 2. The number of rotatable bonds is 8. The van der Waals surface area contributed by atoms with Crippen molar-refractivity contribution in [3.05, 3.63) is 95.9 Å². The second kappa shape index (κ2) is 11.7. The van der Waals surface area contributed by atoms with E-state index in [0.29, 0.717) is 39.7 Å². The highest BCUT2D eigenvalue weighted by Gasteiger charge is 2.35. The lowest BCUT2D eigenvalue weighted by molar-refractivity contribution is -0.123. The Morgan fingerprint density at radius 1 is 1.03 bits per heavy atom. The van der Waals surface area contributed by atoms with Crippen LogP contribution < -0.4 is 9.47 Å². The zero-order valence-corrected chi connectivity index (χ0v) is 23.1. The highest BCUT2D eigenvalue weighted by atomic mass is 127. The quantitative estimate of drug-likeness (QED) is 0.186. The number of hydrogen-bond donors (Lipinski definition) is 0. The fourth-order valence-corrected chi connectivity index (χ4v) is 5.34. The summed E-state index contributed by atoms with van der Waals surface area (Å²) in [6.45, 7) is 2.81. The molecule has 0 spiro atoms. The molecule has 9 heteroatoms. The second-order valence-corrected chi connectivity index (χ2v) is 10.5. The van der Waals surface area contributed by atoms with Crippen molar-refractivity contribution in [3.63, 3.8) is 0 Å². The topological polar surface area (TPSA) is 55.8 Å². The fraction of sp³-hybridized carbons (Fsp3) is 0.154. The zero-order valence-electron chi connectivity index (χ0n) is 18.6. The van der Waals surface area contributed by atoms with Crippen molar-refractivity contribution in [1.29, 1.82) is 0 Å². The zero-order chi connectivity index (χ0) is 24.9. The van der Waals surface area contributed by atoms with E-state index in [2.05, 4.69) is 22.6 Å². The van der Waals surface area contributed by atoms with Crippen molar-refractivity contribution in [2.24, 2.45) is 0 Å². The van der Waals surface area contributed by atoms with Crippen LogP contribution in [0.5, 0.6) is 11.5 Å². The van der Waals surface area contributed by atoms with E-state index >= 15 is 0 Å². The molecule has 0 unspecified atom stereocenters. The number of ether oxygens (including phenoxy) is 2. The molecule has 1 saturated heterocycles. The Balaban J connectivity index is 1.55. The number of thioether (sulfide) groups is 1. The molecule has 0 radical (unpaired) electrons. The first-order valence-electron chi connectivity index (χ1n) is 10.7. The van der Waals surface area contributed by atoms with Crippen LogP contribution in [0, 0.1) is 3.57 Å². The lowest BCUT2D eigenvalue weighted by atomic mass is 10.1. The summed E-state index contributed by atoms with van der Waals surface area (Å²) in [6.07, 6.45) is 1.70. The number of nitrogens with zero attached hydrogens (tertiary/aromatic N) is 1. The van der Waals surface area contributed by atoms with Crippen molar-refractivity contribution >= 4 is 74.8 Å². The third-order valence-electron chi connectivity index (χ3n) is 5.09. The maximum Gasteiger partial charge on any atom is 0.293 e. The van der Waals surface area contributed by atoms with Crippen LogP contribution in [0.2, 0.25) is 10.0 Å². The average molecular weight is 640 g/mol. The van der Waals surface area contributed by atoms with Crippen molar-refractivity contribution in [3.8, 4) is 11.5 Å². The van der Waals surface area contributed by atoms with Gasteiger partial charge in [0.25, 0.3) is 11.1 Å². The Labute approximate surface area is 231 Å². The molecule has 1 fully saturated rings. The van der Waals surface area contributed by atoms with E-state index < -0.39 is 0 Å². The van der Waals surface area contributed by atoms with E-state index in [1.54, 1.807) is 36.4 Å². The lowest BCUT2D eigenvalue weighted by Crippen LogP contribution is -2.27. The van der Waals surface area contributed by atoms with Crippen LogP contribution in [0.4, 0.5) is 4.79 Å². The lowest BCUT2D eigenvalue weighted by Gasteiger charge is -2.15. The normalized spacial score (nSPS) is 14.6. The van der Waals surface area contributed by atoms with E-state index in [1.807, 2.05) is 37.3 Å². The van der Waals surface area contributed by atoms with Gasteiger partial charge in [0.2, 0.25) is 0 Å². The molecule has 0 aromatic heterocycles. The standard InChI is InChI=1S/C26H20Cl2INO4S/c1-2-33-22-12-17(11-21(29)24(22)34-15-18-5-3-4-6-20(18)28)13-23-25(31)30(26(32)35-23)14-16-7-9-19(27)10-8-16/h3-13H,2,14-15H2,1H3/b23-13-. The van der Waals surface area contributed by atoms with Gasteiger partial charge in [-0.2, -0.15) is 0 Å². The smallest absolute Gasteiger partial charge is 0.293 e. The third kappa shape index (κ3) is 6.33. The Morgan fingerprint density at radius 2 is 1.77 bits per heavy atom. The SMILES string of the molecule is CCOc1cc(/C=C2\SC(=O)N(Cc3ccc(Cl)cc3)C2=O)cc(I)c1OCc1ccccc1Cl. The molecular weight excluding hydrogens is 620 g/mol. The summed E-state index contributed by atoms with van der Waals surface area (Å²) in [5.74, 6) is 0.820. The minimum absolute atomic E-state index is 0.190. The third-order valence-corrected chi connectivity index (χ3v) is 7.42. The summed E-state index contributed by atoms with van der Waals surface area (Å²) in [4.78, 5) is 27.1. The van der Waals surface area contributed by atoms with Crippen LogP contribution in [-0.4, -0.2) is 22.7 Å². The van der Waals surface area contributed by atoms with Crippen LogP contribution in [-0.2, 0) is 17.9 Å². The second-order valence-electron chi connectivity index (χ2n) is 7.54. The van der Waals surface area contributed by atoms with Gasteiger partial charge in [-0.1, -0.05) is 53.5 Å². The molecule has 0 atom stereocenters. The number of hydrogen-bond acceptors (Lipinski definition) is 5. The van der Waals surface area contributed by atoms with Crippen molar-refractivity contribution in [1.82, 2.24) is 4.90 Å². The highest BCUT2D eigenvalue weighted by Crippen LogP contribution is 2.38. The predicted molar refractivity (Wildman–Crippen MR) is 149 cm³/mol. The van der Waals surface area contributed by atoms with E-state index in [1.165, 1.54) is 4.90 Å². The molecule has 4 rings (SSSR count). The van der Waals surface area contributed by atoms with Gasteiger partial charge in [-0.25, -0.2) is 0 Å². The van der Waals surface area contributed by atoms with Crippen LogP contribution in [0.25, 0.3) is 6.08 Å². The Kier molecular flexibility index (Phi) is 8.64. The summed E-state index contributed by atoms with van der Waals surface area (Å²) in [7, 11) is 0. The van der Waals surface area contributed by atoms with E-state index in [-0.39, 0.29) is 17.7 Å². The van der Waals surface area contributed by atoms with Gasteiger partial charge in [0.1, 0.15) is 6.61 Å². The van der Waals surface area contributed by atoms with Crippen LogP contribution in [0.15, 0.2) is 65.6 Å². The van der Waals surface area contributed by atoms with Gasteiger partial charge in [0, 0.05) is 15.6 Å². The molecule has 1 aliphatic heterocycles. The van der Waals surface area contributed by atoms with Crippen LogP contribution in [0.1, 0.15) is 23.6 Å². The Bertz CT molecular complexity index is 1300. The molecule has 2 amide bonds. The monoisotopic (exact) mass is 639 g/mol. The van der Waals surface area contributed by atoms with Gasteiger partial charge in [-0.3, -0.25) is 14.5 Å². The molecule has 1 aliphatic rings. The Morgan fingerprint density at radius 3 is 2.49 bits per heavy atom. The van der Waals surface area contributed by atoms with Crippen LogP contribution >= 0.6 is 57.6 Å². The summed E-state index contributed by atoms with van der Waals surface area (Å²) >= 11 is 15.3. The van der Waals surface area contributed by atoms with Crippen LogP contribution in [0.3, 0.4) is 0 Å². The van der Waals surface area contributed by atoms with Crippen molar-refractivity contribution in [2.75, 3.05) is 6.61 Å². The molecular formula is C26H20Cl2INO4S. The van der Waals surface area contributed by atoms with Gasteiger partial charge in [0.15, 0.2) is 11.5 Å². The fourth-order valence-electron chi connectivity index (χ4n) is 3.40. The summed E-state index contributed by atoms with van der Waals surface area (Å²) in [6, 6.07) is 18.3. The maximum absolute atomic E-state index is 13.0. The number of carbonyl (C=O) groups excluding carboxylic acids is 2. The van der Waals surface area contributed by atoms with Crippen molar-refractivity contribution < 1.29 is 19.1 Å². The minimum Gasteiger partial charge on any atom is -0.490 e. The maximum atomic E-state index is 13.0. The number of halogens is 3. The molecule has 0 aliphatic carbocycles. The predicted octanol–water partition coefficient (Wildman–Crippen LogP) is 7.81. The molecule has 5 nitrogen and oxygen atoms in total. The Hall–Kier alpha value is -2.20. The highest BCUT2D eigenvalue weighted by molar-refractivity contribution is 14.1. The number of benzene rings is 3. The first kappa shape index (κ1) is 25.9. The molecule has 35 heavy (non-hydrogen) atoms. The van der Waals surface area contributed by atoms with Gasteiger partial charge in [-0.15, -0.1) is 0 Å². The largest absolute Gasteiger partial charge is 0.490 e. The van der Waals surface area contributed by atoms with Gasteiger partial charge < -0.3 is 9.47 Å². The molecule has 3 aromatic carbocycles. The molecule has 0 saturated carbocycles. The van der Waals surface area contributed by atoms with E-state index in [4.69, 9.17) is 32.7 Å². The van der Waals surface area contributed by atoms with Gasteiger partial charge in [-0.05, 0) is 88.8 Å². The molecule has 1 heterocycles. The molecule has 180 valence electrons. The molecule has 3 aromatic rings. The summed E-state index contributed by atoms with van der Waals surface area (Å²) < 4.78 is 12.7. The van der Waals surface area contributed by atoms with Gasteiger partial charge in [0.05, 0.1) is 21.6 Å². The summed E-state index contributed by atoms with van der Waals surface area (Å²) in [5.41, 5.74) is 2.43. The molecule has 0 bridgehead atoms. The number of amides is 2. The van der Waals surface area contributed by atoms with E-state index in [9.17, 15) is 9.59 Å².